The zero-order chi connectivity index (χ0) is 34.4. The van der Waals surface area contributed by atoms with Gasteiger partial charge in [0.1, 0.15) is 28.4 Å². The van der Waals surface area contributed by atoms with E-state index in [1.54, 1.807) is 42.7 Å². The Hall–Kier alpha value is -6.01. The van der Waals surface area contributed by atoms with E-state index in [2.05, 4.69) is 10.3 Å². The molecule has 1 N–H and O–H groups in total. The number of amides is 1. The van der Waals surface area contributed by atoms with Gasteiger partial charge >= 0.3 is 0 Å². The smallest absolute Gasteiger partial charge is 0.255 e. The van der Waals surface area contributed by atoms with Crippen molar-refractivity contribution < 1.29 is 31.2 Å². The van der Waals surface area contributed by atoms with Crippen LogP contribution in [0.2, 0.25) is 0 Å². The van der Waals surface area contributed by atoms with Crippen molar-refractivity contribution in [3.05, 3.63) is 109 Å². The first-order valence-corrected chi connectivity index (χ1v) is 16.9. The van der Waals surface area contributed by atoms with Gasteiger partial charge in [0.15, 0.2) is 5.58 Å². The summed E-state index contributed by atoms with van der Waals surface area (Å²) in [5.74, 6) is 0.121. The first-order valence-electron chi connectivity index (χ1n) is 15.1. The van der Waals surface area contributed by atoms with Crippen LogP contribution in [0.1, 0.15) is 10.4 Å². The number of hydrogen-bond acceptors (Lipinski definition) is 8. The molecule has 0 saturated carbocycles. The lowest BCUT2D eigenvalue weighted by atomic mass is 9.97. The summed E-state index contributed by atoms with van der Waals surface area (Å²) >= 11 is 0. The predicted molar refractivity (Wildman–Crippen MR) is 186 cm³/mol. The summed E-state index contributed by atoms with van der Waals surface area (Å²) in [5.41, 5.74) is 5.92. The molecule has 3 heterocycles. The fraction of sp³-hybridized carbons (Fsp3) is 0.108. The molecule has 7 aromatic rings. The average molecular weight is 677 g/mol. The molecule has 0 aliphatic heterocycles. The number of carbonyl (C=O) groups is 1. The SMILES string of the molecule is CNC(=O)c1c(-c2ccc(F)cc2)oc2cc(N(C)S(C)(=O)=O)c(-c3ccc(OC)c(-c4nc5cc(-c6cccnc6)ccc5o4)c3)cc12. The van der Waals surface area contributed by atoms with E-state index in [0.29, 0.717) is 56.1 Å². The van der Waals surface area contributed by atoms with Crippen LogP contribution < -0.4 is 14.4 Å². The molecule has 0 atom stereocenters. The van der Waals surface area contributed by atoms with Crippen molar-refractivity contribution in [3.8, 4) is 50.8 Å². The molecule has 246 valence electrons. The molecule has 7 rings (SSSR count). The topological polar surface area (TPSA) is 128 Å². The maximum atomic E-state index is 13.8. The molecule has 1 amide bonds. The molecule has 0 radical (unpaired) electrons. The second-order valence-electron chi connectivity index (χ2n) is 11.3. The van der Waals surface area contributed by atoms with Crippen molar-refractivity contribution in [3.63, 3.8) is 0 Å². The van der Waals surface area contributed by atoms with E-state index in [9.17, 15) is 17.6 Å². The van der Waals surface area contributed by atoms with Gasteiger partial charge in [0.2, 0.25) is 15.9 Å². The number of furan rings is 1. The maximum Gasteiger partial charge on any atom is 0.255 e. The van der Waals surface area contributed by atoms with Gasteiger partial charge in [-0.3, -0.25) is 14.1 Å². The van der Waals surface area contributed by atoms with Crippen LogP contribution in [0.4, 0.5) is 10.1 Å². The molecule has 0 saturated heterocycles. The Balaban J connectivity index is 1.44. The zero-order valence-electron chi connectivity index (χ0n) is 26.8. The highest BCUT2D eigenvalue weighted by atomic mass is 32.2. The Kier molecular flexibility index (Phi) is 7.87. The number of nitrogens with one attached hydrogen (secondary N) is 1. The van der Waals surface area contributed by atoms with Crippen LogP contribution in [0.3, 0.4) is 0 Å². The molecule has 0 unspecified atom stereocenters. The van der Waals surface area contributed by atoms with Crippen LogP contribution in [0.15, 0.2) is 106 Å². The second kappa shape index (κ2) is 12.2. The normalized spacial score (nSPS) is 11.6. The average Bonchev–Trinajstić information content (AvgIpc) is 3.71. The molecular formula is C37H29FN4O6S. The van der Waals surface area contributed by atoms with Crippen LogP contribution in [0.25, 0.3) is 67.1 Å². The number of oxazole rings is 1. The lowest BCUT2D eigenvalue weighted by Crippen LogP contribution is -2.25. The molecule has 0 bridgehead atoms. The highest BCUT2D eigenvalue weighted by Gasteiger charge is 2.27. The van der Waals surface area contributed by atoms with E-state index in [4.69, 9.17) is 18.6 Å². The first-order chi connectivity index (χ1) is 23.5. The number of carbonyl (C=O) groups excluding carboxylic acids is 1. The first kappa shape index (κ1) is 31.6. The minimum Gasteiger partial charge on any atom is -0.496 e. The van der Waals surface area contributed by atoms with Crippen molar-refractivity contribution in [1.82, 2.24) is 15.3 Å². The van der Waals surface area contributed by atoms with Crippen molar-refractivity contribution >= 4 is 43.7 Å². The highest BCUT2D eigenvalue weighted by Crippen LogP contribution is 2.43. The number of aromatic nitrogens is 2. The predicted octanol–water partition coefficient (Wildman–Crippen LogP) is 7.54. The Bertz CT molecular complexity index is 2490. The lowest BCUT2D eigenvalue weighted by Gasteiger charge is -2.21. The van der Waals surface area contributed by atoms with Gasteiger partial charge in [-0.1, -0.05) is 18.2 Å². The number of anilines is 1. The zero-order valence-corrected chi connectivity index (χ0v) is 27.6. The summed E-state index contributed by atoms with van der Waals surface area (Å²) < 4.78 is 58.8. The van der Waals surface area contributed by atoms with E-state index in [1.807, 2.05) is 30.3 Å². The van der Waals surface area contributed by atoms with E-state index in [0.717, 1.165) is 21.7 Å². The summed E-state index contributed by atoms with van der Waals surface area (Å²) in [4.78, 5) is 22.3. The molecule has 10 nitrogen and oxygen atoms in total. The summed E-state index contributed by atoms with van der Waals surface area (Å²) in [6, 6.07) is 23.7. The van der Waals surface area contributed by atoms with Gasteiger partial charge in [-0.05, 0) is 71.8 Å². The minimum absolute atomic E-state index is 0.215. The van der Waals surface area contributed by atoms with Gasteiger partial charge in [0, 0.05) is 54.6 Å². The Morgan fingerprint density at radius 2 is 1.63 bits per heavy atom. The Morgan fingerprint density at radius 3 is 2.33 bits per heavy atom. The van der Waals surface area contributed by atoms with Gasteiger partial charge in [-0.2, -0.15) is 0 Å². The summed E-state index contributed by atoms with van der Waals surface area (Å²) in [5, 5.41) is 3.09. The van der Waals surface area contributed by atoms with Gasteiger partial charge in [-0.25, -0.2) is 17.8 Å². The van der Waals surface area contributed by atoms with Crippen molar-refractivity contribution in [2.75, 3.05) is 31.8 Å². The molecule has 3 aromatic heterocycles. The molecule has 4 aromatic carbocycles. The minimum atomic E-state index is -3.75. The highest BCUT2D eigenvalue weighted by molar-refractivity contribution is 7.92. The van der Waals surface area contributed by atoms with Crippen molar-refractivity contribution in [2.45, 2.75) is 0 Å². The summed E-state index contributed by atoms with van der Waals surface area (Å²) in [7, 11) is 0.729. The lowest BCUT2D eigenvalue weighted by molar-refractivity contribution is 0.0964. The van der Waals surface area contributed by atoms with Crippen LogP contribution in [0, 0.1) is 5.82 Å². The van der Waals surface area contributed by atoms with Crippen LogP contribution >= 0.6 is 0 Å². The van der Waals surface area contributed by atoms with Crippen LogP contribution in [-0.2, 0) is 10.0 Å². The van der Waals surface area contributed by atoms with E-state index < -0.39 is 21.7 Å². The molecule has 0 spiro atoms. The third-order valence-electron chi connectivity index (χ3n) is 8.33. The third kappa shape index (κ3) is 5.76. The molecule has 0 aliphatic rings. The number of methoxy groups -OCH3 is 1. The fourth-order valence-corrected chi connectivity index (χ4v) is 6.26. The maximum absolute atomic E-state index is 13.8. The number of hydrogen-bond donors (Lipinski definition) is 1. The van der Waals surface area contributed by atoms with Crippen LogP contribution in [0.5, 0.6) is 5.75 Å². The number of halogens is 1. The van der Waals surface area contributed by atoms with E-state index in [-0.39, 0.29) is 16.9 Å². The number of ether oxygens (including phenoxy) is 1. The number of fused-ring (bicyclic) bond motifs is 2. The quantitative estimate of drug-likeness (QED) is 0.175. The van der Waals surface area contributed by atoms with Gasteiger partial charge < -0.3 is 18.9 Å². The van der Waals surface area contributed by atoms with Crippen LogP contribution in [-0.4, -0.2) is 51.8 Å². The number of nitrogens with zero attached hydrogens (tertiary/aromatic N) is 3. The molecule has 0 aliphatic carbocycles. The number of sulfonamides is 1. The molecule has 12 heteroatoms. The largest absolute Gasteiger partial charge is 0.496 e. The number of rotatable bonds is 8. The summed E-state index contributed by atoms with van der Waals surface area (Å²) in [6.45, 7) is 0. The standard InChI is InChI=1S/C37H29FN4O6S/c1-39-36(43)34-27-18-26(30(42(2)49(4,44)45)19-33(27)47-35(34)21-7-11-25(38)12-8-21)23-10-13-31(46-3)28(16-23)37-41-29-17-22(9-14-32(29)48-37)24-6-5-15-40-20-24/h5-20H,1-4H3,(H,39,43). The molecule has 0 fully saturated rings. The van der Waals surface area contributed by atoms with Crippen molar-refractivity contribution in [2.24, 2.45) is 0 Å². The molecular weight excluding hydrogens is 647 g/mol. The van der Waals surface area contributed by atoms with Crippen molar-refractivity contribution in [1.29, 1.82) is 0 Å². The van der Waals surface area contributed by atoms with Gasteiger partial charge in [0.25, 0.3) is 5.91 Å². The molecule has 49 heavy (non-hydrogen) atoms. The number of pyridine rings is 1. The van der Waals surface area contributed by atoms with E-state index in [1.165, 1.54) is 45.5 Å². The Morgan fingerprint density at radius 1 is 0.878 bits per heavy atom. The van der Waals surface area contributed by atoms with Gasteiger partial charge in [0.05, 0.1) is 30.2 Å². The monoisotopic (exact) mass is 676 g/mol. The second-order valence-corrected chi connectivity index (χ2v) is 13.4. The fourth-order valence-electron chi connectivity index (χ4n) is 5.76. The number of benzene rings is 4. The van der Waals surface area contributed by atoms with E-state index >= 15 is 0 Å². The third-order valence-corrected chi connectivity index (χ3v) is 9.52. The Labute approximate surface area is 280 Å². The van der Waals surface area contributed by atoms with Gasteiger partial charge in [-0.15, -0.1) is 0 Å². The summed E-state index contributed by atoms with van der Waals surface area (Å²) in [6.07, 6.45) is 4.58.